The van der Waals surface area contributed by atoms with Crippen molar-refractivity contribution in [3.05, 3.63) is 58.6 Å². The topological polar surface area (TPSA) is 38.0 Å². The van der Waals surface area contributed by atoms with Gasteiger partial charge in [0.05, 0.1) is 0 Å². The number of aryl methyl sites for hydroxylation is 1. The van der Waals surface area contributed by atoms with Crippen molar-refractivity contribution in [2.45, 2.75) is 6.92 Å². The van der Waals surface area contributed by atoms with Crippen molar-refractivity contribution in [3.8, 4) is 0 Å². The Hall–Kier alpha value is -1.58. The third-order valence-corrected chi connectivity index (χ3v) is 3.11. The standard InChI is InChI=1S/C14H13ClN2S/c1-9-8-11(15)4-7-13(9)17-12-5-2-10(3-6-12)14(16)18/h2-8,17H,1H3,(H2,16,18). The van der Waals surface area contributed by atoms with Crippen molar-refractivity contribution < 1.29 is 0 Å². The van der Waals surface area contributed by atoms with Crippen LogP contribution in [0.1, 0.15) is 11.1 Å². The summed E-state index contributed by atoms with van der Waals surface area (Å²) in [6.45, 7) is 2.01. The summed E-state index contributed by atoms with van der Waals surface area (Å²) in [5, 5.41) is 4.06. The second kappa shape index (κ2) is 5.38. The lowest BCUT2D eigenvalue weighted by atomic mass is 10.1. The average Bonchev–Trinajstić information content (AvgIpc) is 2.33. The molecule has 0 aliphatic rings. The highest BCUT2D eigenvalue weighted by atomic mass is 35.5. The van der Waals surface area contributed by atoms with Gasteiger partial charge in [-0.25, -0.2) is 0 Å². The van der Waals surface area contributed by atoms with Gasteiger partial charge >= 0.3 is 0 Å². The fourth-order valence-corrected chi connectivity index (χ4v) is 2.00. The first-order valence-corrected chi connectivity index (χ1v) is 6.28. The Morgan fingerprint density at radius 3 is 2.39 bits per heavy atom. The lowest BCUT2D eigenvalue weighted by molar-refractivity contribution is 1.43. The van der Waals surface area contributed by atoms with Crippen molar-refractivity contribution in [2.75, 3.05) is 5.32 Å². The summed E-state index contributed by atoms with van der Waals surface area (Å²) in [4.78, 5) is 0.407. The van der Waals surface area contributed by atoms with Crippen LogP contribution in [0.15, 0.2) is 42.5 Å². The smallest absolute Gasteiger partial charge is 0.103 e. The third-order valence-electron chi connectivity index (χ3n) is 2.64. The number of rotatable bonds is 3. The first kappa shape index (κ1) is 12.9. The number of hydrogen-bond donors (Lipinski definition) is 2. The van der Waals surface area contributed by atoms with Crippen LogP contribution in [-0.2, 0) is 0 Å². The van der Waals surface area contributed by atoms with Crippen LogP contribution in [0.3, 0.4) is 0 Å². The fourth-order valence-electron chi connectivity index (χ4n) is 1.64. The van der Waals surface area contributed by atoms with E-state index in [2.05, 4.69) is 5.32 Å². The van der Waals surface area contributed by atoms with Crippen molar-refractivity contribution in [3.63, 3.8) is 0 Å². The number of nitrogens with two attached hydrogens (primary N) is 1. The van der Waals surface area contributed by atoms with Gasteiger partial charge in [-0.15, -0.1) is 0 Å². The van der Waals surface area contributed by atoms with Gasteiger partial charge in [0.2, 0.25) is 0 Å². The van der Waals surface area contributed by atoms with Gasteiger partial charge in [0.1, 0.15) is 4.99 Å². The van der Waals surface area contributed by atoms with E-state index in [-0.39, 0.29) is 0 Å². The second-order valence-corrected chi connectivity index (χ2v) is 4.90. The van der Waals surface area contributed by atoms with Gasteiger partial charge in [-0.3, -0.25) is 0 Å². The highest BCUT2D eigenvalue weighted by Gasteiger charge is 2.01. The normalized spacial score (nSPS) is 10.1. The molecule has 0 radical (unpaired) electrons. The zero-order chi connectivity index (χ0) is 13.1. The van der Waals surface area contributed by atoms with Gasteiger partial charge in [0, 0.05) is 22.0 Å². The highest BCUT2D eigenvalue weighted by molar-refractivity contribution is 7.80. The first-order chi connectivity index (χ1) is 8.56. The minimum Gasteiger partial charge on any atom is -0.389 e. The van der Waals surface area contributed by atoms with E-state index in [1.165, 1.54) is 0 Å². The molecular weight excluding hydrogens is 264 g/mol. The summed E-state index contributed by atoms with van der Waals surface area (Å²) < 4.78 is 0. The third kappa shape index (κ3) is 3.00. The SMILES string of the molecule is Cc1cc(Cl)ccc1Nc1ccc(C(N)=S)cc1. The molecule has 4 heteroatoms. The zero-order valence-corrected chi connectivity index (χ0v) is 11.5. The molecule has 0 atom stereocenters. The van der Waals surface area contributed by atoms with Crippen LogP contribution in [0.4, 0.5) is 11.4 Å². The molecule has 0 saturated carbocycles. The van der Waals surface area contributed by atoms with Crippen LogP contribution < -0.4 is 11.1 Å². The Morgan fingerprint density at radius 2 is 1.83 bits per heavy atom. The summed E-state index contributed by atoms with van der Waals surface area (Å²) in [7, 11) is 0. The van der Waals surface area contributed by atoms with Gasteiger partial charge in [0.15, 0.2) is 0 Å². The summed E-state index contributed by atoms with van der Waals surface area (Å²) in [6.07, 6.45) is 0. The number of benzene rings is 2. The first-order valence-electron chi connectivity index (χ1n) is 5.49. The molecule has 0 heterocycles. The van der Waals surface area contributed by atoms with Crippen LogP contribution in [0.2, 0.25) is 5.02 Å². The quantitative estimate of drug-likeness (QED) is 0.832. The highest BCUT2D eigenvalue weighted by Crippen LogP contribution is 2.23. The molecule has 0 unspecified atom stereocenters. The van der Waals surface area contributed by atoms with Crippen LogP contribution in [0, 0.1) is 6.92 Å². The molecule has 0 saturated heterocycles. The minimum absolute atomic E-state index is 0.407. The molecule has 18 heavy (non-hydrogen) atoms. The van der Waals surface area contributed by atoms with E-state index in [9.17, 15) is 0 Å². The van der Waals surface area contributed by atoms with Crippen molar-refractivity contribution in [1.29, 1.82) is 0 Å². The molecule has 0 aliphatic heterocycles. The van der Waals surface area contributed by atoms with E-state index in [1.54, 1.807) is 0 Å². The Morgan fingerprint density at radius 1 is 1.17 bits per heavy atom. The molecule has 0 fully saturated rings. The van der Waals surface area contributed by atoms with Crippen molar-refractivity contribution in [1.82, 2.24) is 0 Å². The van der Waals surface area contributed by atoms with Crippen molar-refractivity contribution in [2.24, 2.45) is 5.73 Å². The summed E-state index contributed by atoms with van der Waals surface area (Å²) in [5.41, 5.74) is 9.53. The average molecular weight is 277 g/mol. The molecule has 2 rings (SSSR count). The van der Waals surface area contributed by atoms with Crippen LogP contribution in [0.5, 0.6) is 0 Å². The van der Waals surface area contributed by atoms with Gasteiger partial charge in [-0.2, -0.15) is 0 Å². The maximum atomic E-state index is 5.92. The monoisotopic (exact) mass is 276 g/mol. The molecule has 0 aromatic heterocycles. The lowest BCUT2D eigenvalue weighted by Crippen LogP contribution is -2.08. The summed E-state index contributed by atoms with van der Waals surface area (Å²) in [6, 6.07) is 13.4. The van der Waals surface area contributed by atoms with E-state index in [0.29, 0.717) is 4.99 Å². The fraction of sp³-hybridized carbons (Fsp3) is 0.0714. The van der Waals surface area contributed by atoms with Crippen LogP contribution >= 0.6 is 23.8 Å². The maximum Gasteiger partial charge on any atom is 0.103 e. The van der Waals surface area contributed by atoms with Gasteiger partial charge in [-0.05, 0) is 55.0 Å². The molecule has 0 amide bonds. The largest absolute Gasteiger partial charge is 0.389 e. The molecule has 0 spiro atoms. The number of thiocarbonyl (C=S) groups is 1. The van der Waals surface area contributed by atoms with E-state index >= 15 is 0 Å². The Balaban J connectivity index is 2.21. The molecule has 0 bridgehead atoms. The predicted octanol–water partition coefficient (Wildman–Crippen LogP) is 4.03. The number of nitrogens with one attached hydrogen (secondary N) is 1. The van der Waals surface area contributed by atoms with Crippen LogP contribution in [-0.4, -0.2) is 4.99 Å². The number of anilines is 2. The molecular formula is C14H13ClN2S. The van der Waals surface area contributed by atoms with Crippen LogP contribution in [0.25, 0.3) is 0 Å². The minimum atomic E-state index is 0.407. The Labute approximate surface area is 117 Å². The molecule has 0 aliphatic carbocycles. The lowest BCUT2D eigenvalue weighted by Gasteiger charge is -2.10. The second-order valence-electron chi connectivity index (χ2n) is 4.03. The molecule has 2 aromatic rings. The molecule has 92 valence electrons. The van der Waals surface area contributed by atoms with E-state index in [0.717, 1.165) is 27.5 Å². The van der Waals surface area contributed by atoms with Gasteiger partial charge in [0.25, 0.3) is 0 Å². The molecule has 2 aromatic carbocycles. The maximum absolute atomic E-state index is 5.92. The predicted molar refractivity (Wildman–Crippen MR) is 81.8 cm³/mol. The zero-order valence-electron chi connectivity index (χ0n) is 9.91. The number of hydrogen-bond acceptors (Lipinski definition) is 2. The molecule has 2 nitrogen and oxygen atoms in total. The molecule has 3 N–H and O–H groups in total. The van der Waals surface area contributed by atoms with E-state index in [4.69, 9.17) is 29.6 Å². The van der Waals surface area contributed by atoms with E-state index in [1.807, 2.05) is 49.4 Å². The Kier molecular flexibility index (Phi) is 3.84. The Bertz CT molecular complexity index is 579. The van der Waals surface area contributed by atoms with Crippen molar-refractivity contribution >= 4 is 40.2 Å². The summed E-state index contributed by atoms with van der Waals surface area (Å²) in [5.74, 6) is 0. The summed E-state index contributed by atoms with van der Waals surface area (Å²) >= 11 is 10.8. The number of halogens is 1. The van der Waals surface area contributed by atoms with Gasteiger partial charge in [-0.1, -0.05) is 23.8 Å². The van der Waals surface area contributed by atoms with Gasteiger partial charge < -0.3 is 11.1 Å². The van der Waals surface area contributed by atoms with E-state index < -0.39 is 0 Å².